The van der Waals surface area contributed by atoms with Crippen LogP contribution in [0.25, 0.3) is 33.3 Å². The summed E-state index contributed by atoms with van der Waals surface area (Å²) in [7, 11) is 4.12. The monoisotopic (exact) mass is 324 g/mol. The predicted molar refractivity (Wildman–Crippen MR) is 107 cm³/mol. The predicted octanol–water partition coefficient (Wildman–Crippen LogP) is 5.63. The van der Waals surface area contributed by atoms with E-state index in [0.717, 1.165) is 27.7 Å². The Labute approximate surface area is 148 Å². The van der Waals surface area contributed by atoms with Gasteiger partial charge in [0.15, 0.2) is 0 Å². The molecule has 0 N–H and O–H groups in total. The van der Waals surface area contributed by atoms with Gasteiger partial charge in [-0.1, -0.05) is 60.7 Å². The zero-order chi connectivity index (χ0) is 17.2. The molecule has 0 aliphatic heterocycles. The van der Waals surface area contributed by atoms with Crippen LogP contribution in [0.15, 0.2) is 84.9 Å². The van der Waals surface area contributed by atoms with E-state index >= 15 is 0 Å². The number of hydrogen-bond donors (Lipinski definition) is 0. The zero-order valence-electron chi connectivity index (χ0n) is 14.5. The van der Waals surface area contributed by atoms with Crippen LogP contribution in [0, 0.1) is 0 Å². The van der Waals surface area contributed by atoms with E-state index < -0.39 is 0 Å². The molecule has 0 saturated heterocycles. The Hall–Kier alpha value is -3.13. The number of fused-ring (bicyclic) bond motifs is 1. The first-order chi connectivity index (χ1) is 12.2. The fourth-order valence-corrected chi connectivity index (χ4v) is 3.10. The molecule has 4 aromatic rings. The molecule has 1 heterocycles. The first-order valence-electron chi connectivity index (χ1n) is 8.45. The number of rotatable bonds is 3. The Kier molecular flexibility index (Phi) is 3.95. The van der Waals surface area contributed by atoms with E-state index in [2.05, 4.69) is 91.8 Å². The zero-order valence-corrected chi connectivity index (χ0v) is 14.5. The maximum atomic E-state index is 5.00. The number of hydrogen-bond acceptors (Lipinski definition) is 2. The van der Waals surface area contributed by atoms with Gasteiger partial charge < -0.3 is 4.90 Å². The van der Waals surface area contributed by atoms with Crippen molar-refractivity contribution in [3.05, 3.63) is 84.9 Å². The molecular weight excluding hydrogens is 304 g/mol. The minimum Gasteiger partial charge on any atom is -0.378 e. The molecule has 1 aromatic heterocycles. The Balaban J connectivity index is 2.00. The van der Waals surface area contributed by atoms with Crippen LogP contribution in [0.4, 0.5) is 5.69 Å². The number of anilines is 1. The largest absolute Gasteiger partial charge is 0.378 e. The van der Waals surface area contributed by atoms with E-state index in [1.165, 1.54) is 11.3 Å². The van der Waals surface area contributed by atoms with Gasteiger partial charge >= 0.3 is 0 Å². The lowest BCUT2D eigenvalue weighted by Gasteiger charge is -2.15. The third-order valence-electron chi connectivity index (χ3n) is 4.45. The van der Waals surface area contributed by atoms with Gasteiger partial charge in [0.25, 0.3) is 0 Å². The molecule has 0 radical (unpaired) electrons. The van der Waals surface area contributed by atoms with Gasteiger partial charge in [0.1, 0.15) is 0 Å². The van der Waals surface area contributed by atoms with Crippen molar-refractivity contribution in [2.24, 2.45) is 0 Å². The van der Waals surface area contributed by atoms with Crippen molar-refractivity contribution in [2.75, 3.05) is 19.0 Å². The molecule has 2 nitrogen and oxygen atoms in total. The summed E-state index contributed by atoms with van der Waals surface area (Å²) in [6.45, 7) is 0. The van der Waals surface area contributed by atoms with Crippen molar-refractivity contribution >= 4 is 16.6 Å². The molecule has 0 saturated carbocycles. The Morgan fingerprint density at radius 1 is 0.680 bits per heavy atom. The lowest BCUT2D eigenvalue weighted by molar-refractivity contribution is 1.13. The normalized spacial score (nSPS) is 10.8. The minimum atomic E-state index is 1.02. The molecule has 0 amide bonds. The molecule has 0 unspecified atom stereocenters. The summed E-state index contributed by atoms with van der Waals surface area (Å²) in [6, 6.07) is 29.6. The summed E-state index contributed by atoms with van der Waals surface area (Å²) < 4.78 is 0. The van der Waals surface area contributed by atoms with Crippen LogP contribution in [0.1, 0.15) is 0 Å². The van der Waals surface area contributed by atoms with Gasteiger partial charge in [0, 0.05) is 36.3 Å². The SMILES string of the molecule is CN(C)c1ccc2nc(-c3ccccc3)c(-c3ccccc3)cc2c1. The van der Waals surface area contributed by atoms with Gasteiger partial charge in [0.05, 0.1) is 11.2 Å². The smallest absolute Gasteiger partial charge is 0.0788 e. The van der Waals surface area contributed by atoms with Gasteiger partial charge in [-0.15, -0.1) is 0 Å². The molecular formula is C23H20N2. The highest BCUT2D eigenvalue weighted by atomic mass is 15.1. The molecule has 0 atom stereocenters. The molecule has 0 aliphatic carbocycles. The van der Waals surface area contributed by atoms with Crippen LogP contribution < -0.4 is 4.90 Å². The van der Waals surface area contributed by atoms with Crippen molar-refractivity contribution in [1.82, 2.24) is 4.98 Å². The van der Waals surface area contributed by atoms with Crippen LogP contribution in [0.5, 0.6) is 0 Å². The molecule has 4 rings (SSSR count). The van der Waals surface area contributed by atoms with Crippen molar-refractivity contribution in [1.29, 1.82) is 0 Å². The molecule has 122 valence electrons. The summed E-state index contributed by atoms with van der Waals surface area (Å²) in [5.74, 6) is 0. The number of benzene rings is 3. The van der Waals surface area contributed by atoms with Crippen LogP contribution in [0.3, 0.4) is 0 Å². The lowest BCUT2D eigenvalue weighted by atomic mass is 9.97. The fourth-order valence-electron chi connectivity index (χ4n) is 3.10. The van der Waals surface area contributed by atoms with E-state index in [-0.39, 0.29) is 0 Å². The van der Waals surface area contributed by atoms with Crippen molar-refractivity contribution < 1.29 is 0 Å². The maximum Gasteiger partial charge on any atom is 0.0788 e. The van der Waals surface area contributed by atoms with Gasteiger partial charge in [-0.3, -0.25) is 0 Å². The average Bonchev–Trinajstić information content (AvgIpc) is 2.68. The Bertz CT molecular complexity index is 1010. The van der Waals surface area contributed by atoms with Crippen LogP contribution in [-0.4, -0.2) is 19.1 Å². The topological polar surface area (TPSA) is 16.1 Å². The van der Waals surface area contributed by atoms with Crippen molar-refractivity contribution in [3.8, 4) is 22.4 Å². The number of nitrogens with zero attached hydrogens (tertiary/aromatic N) is 2. The van der Waals surface area contributed by atoms with Crippen LogP contribution in [0.2, 0.25) is 0 Å². The van der Waals surface area contributed by atoms with E-state index in [1.807, 2.05) is 12.1 Å². The molecule has 3 aromatic carbocycles. The summed E-state index contributed by atoms with van der Waals surface area (Å²) in [5.41, 5.74) is 6.71. The number of pyridine rings is 1. The summed E-state index contributed by atoms with van der Waals surface area (Å²) in [5, 5.41) is 1.16. The van der Waals surface area contributed by atoms with E-state index in [1.54, 1.807) is 0 Å². The van der Waals surface area contributed by atoms with Gasteiger partial charge in [0.2, 0.25) is 0 Å². The third kappa shape index (κ3) is 2.99. The molecule has 0 fully saturated rings. The van der Waals surface area contributed by atoms with Crippen molar-refractivity contribution in [2.45, 2.75) is 0 Å². The molecule has 25 heavy (non-hydrogen) atoms. The summed E-state index contributed by atoms with van der Waals surface area (Å²) in [6.07, 6.45) is 0. The maximum absolute atomic E-state index is 5.00. The second-order valence-electron chi connectivity index (χ2n) is 6.39. The Morgan fingerprint density at radius 2 is 1.32 bits per heavy atom. The highest BCUT2D eigenvalue weighted by Gasteiger charge is 2.11. The lowest BCUT2D eigenvalue weighted by Crippen LogP contribution is -2.08. The Morgan fingerprint density at radius 3 is 1.96 bits per heavy atom. The second-order valence-corrected chi connectivity index (χ2v) is 6.39. The molecule has 0 spiro atoms. The van der Waals surface area contributed by atoms with Crippen LogP contribution in [-0.2, 0) is 0 Å². The van der Waals surface area contributed by atoms with E-state index in [0.29, 0.717) is 0 Å². The van der Waals surface area contributed by atoms with E-state index in [4.69, 9.17) is 4.98 Å². The van der Waals surface area contributed by atoms with Gasteiger partial charge in [-0.2, -0.15) is 0 Å². The standard InChI is InChI=1S/C23H20N2/c1-25(2)20-13-14-22-19(15-20)16-21(17-9-5-3-6-10-17)23(24-22)18-11-7-4-8-12-18/h3-16H,1-2H3. The third-order valence-corrected chi connectivity index (χ3v) is 4.45. The summed E-state index contributed by atoms with van der Waals surface area (Å²) >= 11 is 0. The molecule has 0 aliphatic rings. The number of aromatic nitrogens is 1. The molecule has 0 bridgehead atoms. The summed E-state index contributed by atoms with van der Waals surface area (Å²) in [4.78, 5) is 7.12. The quantitative estimate of drug-likeness (QED) is 0.485. The highest BCUT2D eigenvalue weighted by Crippen LogP contribution is 2.34. The first kappa shape index (κ1) is 15.4. The molecule has 2 heteroatoms. The fraction of sp³-hybridized carbons (Fsp3) is 0.0870. The van der Waals surface area contributed by atoms with Crippen molar-refractivity contribution in [3.63, 3.8) is 0 Å². The highest BCUT2D eigenvalue weighted by molar-refractivity contribution is 5.93. The first-order valence-corrected chi connectivity index (χ1v) is 8.45. The second kappa shape index (κ2) is 6.40. The van der Waals surface area contributed by atoms with Crippen LogP contribution >= 0.6 is 0 Å². The van der Waals surface area contributed by atoms with Gasteiger partial charge in [-0.05, 0) is 29.8 Å². The van der Waals surface area contributed by atoms with Gasteiger partial charge in [-0.25, -0.2) is 4.98 Å². The average molecular weight is 324 g/mol. The minimum absolute atomic E-state index is 1.02. The van der Waals surface area contributed by atoms with E-state index in [9.17, 15) is 0 Å².